The van der Waals surface area contributed by atoms with Gasteiger partial charge in [0.05, 0.1) is 18.2 Å². The molecular weight excluding hydrogens is 268 g/mol. The lowest BCUT2D eigenvalue weighted by molar-refractivity contribution is -0.136. The fourth-order valence-electron chi connectivity index (χ4n) is 2.69. The number of ether oxygens (including phenoxy) is 1. The van der Waals surface area contributed by atoms with E-state index in [0.717, 1.165) is 25.7 Å². The lowest BCUT2D eigenvalue weighted by atomic mass is 10.2. The first-order chi connectivity index (χ1) is 10.2. The Bertz CT molecular complexity index is 501. The van der Waals surface area contributed by atoms with Crippen LogP contribution in [0.2, 0.25) is 0 Å². The number of hydrogen-bond acceptors (Lipinski definition) is 4. The Morgan fingerprint density at radius 1 is 1.33 bits per heavy atom. The Morgan fingerprint density at radius 3 is 2.57 bits per heavy atom. The quantitative estimate of drug-likeness (QED) is 0.864. The van der Waals surface area contributed by atoms with E-state index >= 15 is 0 Å². The summed E-state index contributed by atoms with van der Waals surface area (Å²) in [6.07, 6.45) is 4.28. The first kappa shape index (κ1) is 15.3. The van der Waals surface area contributed by atoms with Gasteiger partial charge in [-0.3, -0.25) is 4.79 Å². The minimum atomic E-state index is -0.0969. The van der Waals surface area contributed by atoms with Gasteiger partial charge in [0.15, 0.2) is 6.61 Å². The molecule has 0 heterocycles. The highest BCUT2D eigenvalue weighted by Crippen LogP contribution is 2.23. The second-order valence-electron chi connectivity index (χ2n) is 5.17. The molecular formula is C16H20N2O3. The van der Waals surface area contributed by atoms with E-state index in [9.17, 15) is 4.79 Å². The predicted molar refractivity (Wildman–Crippen MR) is 77.7 cm³/mol. The smallest absolute Gasteiger partial charge is 0.260 e. The van der Waals surface area contributed by atoms with Crippen LogP contribution in [-0.4, -0.2) is 41.7 Å². The van der Waals surface area contributed by atoms with E-state index in [4.69, 9.17) is 15.1 Å². The van der Waals surface area contributed by atoms with Crippen molar-refractivity contribution in [3.8, 4) is 11.8 Å². The molecule has 1 aromatic carbocycles. The molecule has 1 aromatic rings. The number of aliphatic hydroxyl groups is 1. The van der Waals surface area contributed by atoms with Gasteiger partial charge in [0.1, 0.15) is 5.75 Å². The average molecular weight is 288 g/mol. The molecule has 1 fully saturated rings. The van der Waals surface area contributed by atoms with E-state index in [1.807, 2.05) is 6.07 Å². The van der Waals surface area contributed by atoms with E-state index < -0.39 is 0 Å². The number of carbonyl (C=O) groups is 1. The number of nitrogens with zero attached hydrogens (tertiary/aromatic N) is 2. The number of carbonyl (C=O) groups excluding carboxylic acids is 1. The zero-order valence-corrected chi connectivity index (χ0v) is 12.0. The number of hydrogen-bond donors (Lipinski definition) is 1. The van der Waals surface area contributed by atoms with Gasteiger partial charge in [0.2, 0.25) is 0 Å². The van der Waals surface area contributed by atoms with Gasteiger partial charge < -0.3 is 14.7 Å². The third-order valence-corrected chi connectivity index (χ3v) is 3.77. The minimum absolute atomic E-state index is 0.0287. The molecule has 5 nitrogen and oxygen atoms in total. The predicted octanol–water partition coefficient (Wildman–Crippen LogP) is 1.70. The summed E-state index contributed by atoms with van der Waals surface area (Å²) in [7, 11) is 0. The van der Waals surface area contributed by atoms with Gasteiger partial charge >= 0.3 is 0 Å². The molecule has 0 atom stereocenters. The molecule has 1 aliphatic carbocycles. The third-order valence-electron chi connectivity index (χ3n) is 3.77. The summed E-state index contributed by atoms with van der Waals surface area (Å²) in [4.78, 5) is 14.0. The number of amides is 1. The maximum atomic E-state index is 12.3. The van der Waals surface area contributed by atoms with Crippen LogP contribution in [0.3, 0.4) is 0 Å². The molecule has 0 aromatic heterocycles. The zero-order valence-electron chi connectivity index (χ0n) is 12.0. The van der Waals surface area contributed by atoms with Gasteiger partial charge in [0, 0.05) is 12.6 Å². The van der Waals surface area contributed by atoms with Crippen molar-refractivity contribution in [3.05, 3.63) is 29.8 Å². The molecule has 1 aliphatic rings. The summed E-state index contributed by atoms with van der Waals surface area (Å²) in [5.41, 5.74) is 0.557. The maximum absolute atomic E-state index is 12.3. The largest absolute Gasteiger partial charge is 0.484 e. The molecule has 0 saturated heterocycles. The van der Waals surface area contributed by atoms with Crippen molar-refractivity contribution < 1.29 is 14.6 Å². The molecule has 0 aliphatic heterocycles. The molecule has 5 heteroatoms. The molecule has 1 amide bonds. The molecule has 112 valence electrons. The van der Waals surface area contributed by atoms with Gasteiger partial charge in [-0.1, -0.05) is 12.8 Å². The Balaban J connectivity index is 1.90. The SMILES string of the molecule is N#Cc1ccc(OCC(=O)N(CCO)C2CCCC2)cc1. The van der Waals surface area contributed by atoms with Crippen molar-refractivity contribution in [2.24, 2.45) is 0 Å². The maximum Gasteiger partial charge on any atom is 0.260 e. The summed E-state index contributed by atoms with van der Waals surface area (Å²) >= 11 is 0. The summed E-state index contributed by atoms with van der Waals surface area (Å²) in [6.45, 7) is 0.293. The standard InChI is InChI=1S/C16H20N2O3/c17-11-13-5-7-15(8-6-13)21-12-16(20)18(9-10-19)14-3-1-2-4-14/h5-8,14,19H,1-4,9-10,12H2. The first-order valence-corrected chi connectivity index (χ1v) is 7.28. The highest BCUT2D eigenvalue weighted by molar-refractivity contribution is 5.78. The van der Waals surface area contributed by atoms with E-state index in [1.165, 1.54) is 0 Å². The number of aliphatic hydroxyl groups excluding tert-OH is 1. The van der Waals surface area contributed by atoms with Gasteiger partial charge in [-0.15, -0.1) is 0 Å². The van der Waals surface area contributed by atoms with Crippen LogP contribution in [0.5, 0.6) is 5.75 Å². The summed E-state index contributed by atoms with van der Waals surface area (Å²) in [5.74, 6) is 0.470. The van der Waals surface area contributed by atoms with Crippen molar-refractivity contribution in [3.63, 3.8) is 0 Å². The van der Waals surface area contributed by atoms with Crippen LogP contribution >= 0.6 is 0 Å². The molecule has 1 N–H and O–H groups in total. The van der Waals surface area contributed by atoms with Crippen LogP contribution in [0.25, 0.3) is 0 Å². The molecule has 21 heavy (non-hydrogen) atoms. The first-order valence-electron chi connectivity index (χ1n) is 7.28. The van der Waals surface area contributed by atoms with Crippen LogP contribution in [0.1, 0.15) is 31.2 Å². The van der Waals surface area contributed by atoms with Crippen molar-refractivity contribution in [1.29, 1.82) is 5.26 Å². The minimum Gasteiger partial charge on any atom is -0.484 e. The van der Waals surface area contributed by atoms with Crippen molar-refractivity contribution in [2.75, 3.05) is 19.8 Å². The number of benzene rings is 1. The highest BCUT2D eigenvalue weighted by Gasteiger charge is 2.26. The lowest BCUT2D eigenvalue weighted by Gasteiger charge is -2.28. The van der Waals surface area contributed by atoms with Crippen LogP contribution in [0, 0.1) is 11.3 Å². The molecule has 0 spiro atoms. The lowest BCUT2D eigenvalue weighted by Crippen LogP contribution is -2.43. The second-order valence-corrected chi connectivity index (χ2v) is 5.17. The van der Waals surface area contributed by atoms with E-state index in [-0.39, 0.29) is 25.2 Å². The Hall–Kier alpha value is -2.06. The molecule has 0 bridgehead atoms. The Morgan fingerprint density at radius 2 is 2.00 bits per heavy atom. The van der Waals surface area contributed by atoms with Crippen LogP contribution < -0.4 is 4.74 Å². The van der Waals surface area contributed by atoms with Gasteiger partial charge in [-0.25, -0.2) is 0 Å². The molecule has 2 rings (SSSR count). The fourth-order valence-corrected chi connectivity index (χ4v) is 2.69. The van der Waals surface area contributed by atoms with Gasteiger partial charge in [-0.05, 0) is 37.1 Å². The molecule has 1 saturated carbocycles. The zero-order chi connectivity index (χ0) is 15.1. The molecule has 0 unspecified atom stereocenters. The van der Waals surface area contributed by atoms with E-state index in [0.29, 0.717) is 17.9 Å². The monoisotopic (exact) mass is 288 g/mol. The Labute approximate surface area is 124 Å². The van der Waals surface area contributed by atoms with Gasteiger partial charge in [0.25, 0.3) is 5.91 Å². The van der Waals surface area contributed by atoms with Crippen LogP contribution in [0.15, 0.2) is 24.3 Å². The van der Waals surface area contributed by atoms with Gasteiger partial charge in [-0.2, -0.15) is 5.26 Å². The normalized spacial score (nSPS) is 14.7. The van der Waals surface area contributed by atoms with Crippen molar-refractivity contribution >= 4 is 5.91 Å². The van der Waals surface area contributed by atoms with Crippen LogP contribution in [-0.2, 0) is 4.79 Å². The third kappa shape index (κ3) is 4.20. The van der Waals surface area contributed by atoms with Crippen LogP contribution in [0.4, 0.5) is 0 Å². The summed E-state index contributed by atoms with van der Waals surface area (Å²) < 4.78 is 5.47. The fraction of sp³-hybridized carbons (Fsp3) is 0.500. The number of nitriles is 1. The summed E-state index contributed by atoms with van der Waals surface area (Å²) in [5, 5.41) is 17.8. The number of rotatable bonds is 6. The van der Waals surface area contributed by atoms with Crippen molar-refractivity contribution in [2.45, 2.75) is 31.7 Å². The topological polar surface area (TPSA) is 73.6 Å². The second kappa shape index (κ2) is 7.65. The molecule has 0 radical (unpaired) electrons. The van der Waals surface area contributed by atoms with E-state index in [1.54, 1.807) is 29.2 Å². The average Bonchev–Trinajstić information content (AvgIpc) is 3.04. The summed E-state index contributed by atoms with van der Waals surface area (Å²) in [6, 6.07) is 8.93. The van der Waals surface area contributed by atoms with Crippen molar-refractivity contribution in [1.82, 2.24) is 4.90 Å². The highest BCUT2D eigenvalue weighted by atomic mass is 16.5. The van der Waals surface area contributed by atoms with E-state index in [2.05, 4.69) is 0 Å². The Kier molecular flexibility index (Phi) is 5.59.